The van der Waals surface area contributed by atoms with Gasteiger partial charge < -0.3 is 14.9 Å². The van der Waals surface area contributed by atoms with Crippen molar-refractivity contribution in [2.75, 3.05) is 16.9 Å². The van der Waals surface area contributed by atoms with Crippen LogP contribution in [0.15, 0.2) is 84.4 Å². The van der Waals surface area contributed by atoms with Crippen molar-refractivity contribution in [3.8, 4) is 11.5 Å². The Kier molecular flexibility index (Phi) is 6.43. The molecule has 0 spiro atoms. The van der Waals surface area contributed by atoms with Crippen LogP contribution in [0.1, 0.15) is 41.6 Å². The van der Waals surface area contributed by atoms with Gasteiger partial charge >= 0.3 is 5.97 Å². The highest BCUT2D eigenvalue weighted by Crippen LogP contribution is 2.64. The number of ether oxygens (including phenoxy) is 1. The fourth-order valence-corrected chi connectivity index (χ4v) is 8.12. The number of imide groups is 2. The number of fused-ring (bicyclic) bond motifs is 4. The molecule has 1 saturated carbocycles. The van der Waals surface area contributed by atoms with Crippen LogP contribution in [0.5, 0.6) is 11.5 Å². The largest absolute Gasteiger partial charge is 0.504 e. The van der Waals surface area contributed by atoms with Crippen LogP contribution in [0.2, 0.25) is 0 Å². The van der Waals surface area contributed by atoms with Crippen molar-refractivity contribution in [2.45, 2.75) is 25.7 Å². The molecule has 2 heterocycles. The fourth-order valence-electron chi connectivity index (χ4n) is 8.12. The number of amides is 4. The van der Waals surface area contributed by atoms with Crippen LogP contribution in [-0.2, 0) is 19.2 Å². The number of aromatic hydroxyl groups is 1. The molecule has 45 heavy (non-hydrogen) atoms. The van der Waals surface area contributed by atoms with Crippen molar-refractivity contribution in [3.63, 3.8) is 0 Å². The zero-order chi connectivity index (χ0) is 31.8. The zero-order valence-corrected chi connectivity index (χ0v) is 24.5. The summed E-state index contributed by atoms with van der Waals surface area (Å²) in [5.41, 5.74) is 0.796. The number of hydrogen-bond donors (Lipinski definition) is 2. The van der Waals surface area contributed by atoms with E-state index in [-0.39, 0.29) is 47.4 Å². The molecule has 3 aromatic rings. The minimum absolute atomic E-state index is 0.0485. The predicted molar refractivity (Wildman–Crippen MR) is 162 cm³/mol. The number of aromatic carboxylic acids is 1. The van der Waals surface area contributed by atoms with Crippen LogP contribution in [0.3, 0.4) is 0 Å². The summed E-state index contributed by atoms with van der Waals surface area (Å²) in [6.07, 6.45) is 2.36. The number of allylic oxidation sites excluding steroid dienone is 2. The third kappa shape index (κ3) is 3.97. The van der Waals surface area contributed by atoms with Gasteiger partial charge in [0.25, 0.3) is 0 Å². The van der Waals surface area contributed by atoms with Gasteiger partial charge in [-0.25, -0.2) is 9.69 Å². The first-order valence-electron chi connectivity index (χ1n) is 14.8. The maximum absolute atomic E-state index is 14.4. The maximum Gasteiger partial charge on any atom is 0.335 e. The van der Waals surface area contributed by atoms with Gasteiger partial charge in [-0.1, -0.05) is 42.0 Å². The number of benzene rings is 3. The molecular formula is C35H30N2O8. The Morgan fingerprint density at radius 2 is 1.60 bits per heavy atom. The number of carbonyl (C=O) groups excluding carboxylic acids is 4. The first kappa shape index (κ1) is 28.5. The molecule has 7 rings (SSSR count). The first-order chi connectivity index (χ1) is 21.6. The Bertz CT molecular complexity index is 1830. The molecule has 0 aromatic heterocycles. The lowest BCUT2D eigenvalue weighted by molar-refractivity contribution is -0.131. The number of hydrogen-bond acceptors (Lipinski definition) is 7. The summed E-state index contributed by atoms with van der Waals surface area (Å²) in [5.74, 6) is -6.15. The molecular weight excluding hydrogens is 576 g/mol. The van der Waals surface area contributed by atoms with E-state index in [2.05, 4.69) is 0 Å². The van der Waals surface area contributed by atoms with E-state index < -0.39 is 52.8 Å². The van der Waals surface area contributed by atoms with Crippen LogP contribution in [0.25, 0.3) is 0 Å². The van der Waals surface area contributed by atoms with Crippen molar-refractivity contribution in [1.82, 2.24) is 0 Å². The summed E-state index contributed by atoms with van der Waals surface area (Å²) in [4.78, 5) is 70.6. The van der Waals surface area contributed by atoms with Crippen molar-refractivity contribution >= 4 is 41.0 Å². The summed E-state index contributed by atoms with van der Waals surface area (Å²) < 4.78 is 5.41. The summed E-state index contributed by atoms with van der Waals surface area (Å²) in [5, 5.41) is 19.9. The van der Waals surface area contributed by atoms with E-state index >= 15 is 0 Å². The van der Waals surface area contributed by atoms with E-state index in [1.807, 2.05) is 6.08 Å². The highest BCUT2D eigenvalue weighted by atomic mass is 16.5. The Labute approximate surface area is 258 Å². The van der Waals surface area contributed by atoms with E-state index in [9.17, 15) is 34.2 Å². The highest BCUT2D eigenvalue weighted by Gasteiger charge is 2.67. The number of rotatable bonds is 5. The molecule has 3 fully saturated rings. The number of carboxylic acid groups (broad SMARTS) is 1. The van der Waals surface area contributed by atoms with Gasteiger partial charge in [0.2, 0.25) is 23.6 Å². The maximum atomic E-state index is 14.4. The normalized spacial score (nSPS) is 28.8. The lowest BCUT2D eigenvalue weighted by atomic mass is 9.51. The molecule has 228 valence electrons. The topological polar surface area (TPSA) is 142 Å². The predicted octanol–water partition coefficient (Wildman–Crippen LogP) is 4.53. The molecule has 10 nitrogen and oxygen atoms in total. The standard InChI is InChI=1S/C35H30N2O8/c1-35-25(31(40)37(34(35)44)20-8-4-3-5-9-20)17-24-22(29(35)18-11-14-26(38)27(16-18)45-2)12-13-23-28(24)32(41)36(30(23)39)21-10-6-7-19(15-21)33(42)43/h3-12,14-16,23-25,28-29,38H,13,17H2,1-2H3,(H,42,43)/t23-,24+,25-,28-,29-,35+/m0/s1. The number of carboxylic acids is 1. The Morgan fingerprint density at radius 3 is 2.31 bits per heavy atom. The van der Waals surface area contributed by atoms with Gasteiger partial charge in [0, 0.05) is 5.92 Å². The van der Waals surface area contributed by atoms with Crippen LogP contribution in [0.4, 0.5) is 11.4 Å². The number of para-hydroxylation sites is 1. The molecule has 0 bridgehead atoms. The monoisotopic (exact) mass is 606 g/mol. The summed E-state index contributed by atoms with van der Waals surface area (Å²) in [6.45, 7) is 1.79. The van der Waals surface area contributed by atoms with Crippen molar-refractivity contribution in [1.29, 1.82) is 0 Å². The van der Waals surface area contributed by atoms with Crippen LogP contribution < -0.4 is 14.5 Å². The van der Waals surface area contributed by atoms with Crippen LogP contribution >= 0.6 is 0 Å². The minimum Gasteiger partial charge on any atom is -0.504 e. The van der Waals surface area contributed by atoms with Gasteiger partial charge in [0.05, 0.1) is 47.2 Å². The molecule has 4 aliphatic rings. The molecule has 4 amide bonds. The minimum atomic E-state index is -1.23. The number of phenolic OH excluding ortho intramolecular Hbond substituents is 1. The molecule has 0 unspecified atom stereocenters. The molecule has 0 radical (unpaired) electrons. The summed E-state index contributed by atoms with van der Waals surface area (Å²) in [7, 11) is 1.43. The average molecular weight is 607 g/mol. The quantitative estimate of drug-likeness (QED) is 0.319. The summed E-state index contributed by atoms with van der Waals surface area (Å²) >= 11 is 0. The van der Waals surface area contributed by atoms with Crippen LogP contribution in [-0.4, -0.2) is 46.9 Å². The Hall–Kier alpha value is -5.25. The van der Waals surface area contributed by atoms with E-state index in [1.54, 1.807) is 49.4 Å². The Balaban J connectivity index is 1.36. The van der Waals surface area contributed by atoms with E-state index in [0.717, 1.165) is 10.5 Å². The molecule has 10 heteroatoms. The number of methoxy groups -OCH3 is 1. The second-order valence-corrected chi connectivity index (χ2v) is 12.3. The van der Waals surface area contributed by atoms with E-state index in [4.69, 9.17) is 4.74 Å². The molecule has 2 saturated heterocycles. The van der Waals surface area contributed by atoms with Crippen LogP contribution in [0, 0.1) is 29.1 Å². The second kappa shape index (κ2) is 10.2. The molecule has 2 N–H and O–H groups in total. The Morgan fingerprint density at radius 1 is 0.867 bits per heavy atom. The third-order valence-corrected chi connectivity index (χ3v) is 10.2. The SMILES string of the molecule is COc1cc([C@H]2C3=CC[C@@H]4C(=O)N(c5cccc(C(=O)O)c5)C(=O)[C@@H]4[C@@H]3C[C@H]3C(=O)N(c4ccccc4)C(=O)[C@@]23C)ccc1O. The average Bonchev–Trinajstić information content (AvgIpc) is 3.41. The van der Waals surface area contributed by atoms with Gasteiger partial charge in [0.1, 0.15) is 0 Å². The number of carbonyl (C=O) groups is 5. The van der Waals surface area contributed by atoms with Crippen molar-refractivity contribution < 1.29 is 38.9 Å². The molecule has 3 aromatic carbocycles. The van der Waals surface area contributed by atoms with Gasteiger partial charge in [-0.05, 0) is 73.7 Å². The zero-order valence-electron chi connectivity index (χ0n) is 24.5. The number of nitrogens with zero attached hydrogens (tertiary/aromatic N) is 2. The smallest absolute Gasteiger partial charge is 0.335 e. The van der Waals surface area contributed by atoms with Gasteiger partial charge in [-0.15, -0.1) is 0 Å². The molecule has 2 aliphatic heterocycles. The third-order valence-electron chi connectivity index (χ3n) is 10.2. The number of phenols is 1. The highest BCUT2D eigenvalue weighted by molar-refractivity contribution is 6.25. The number of anilines is 2. The first-order valence-corrected chi connectivity index (χ1v) is 14.8. The fraction of sp³-hybridized carbons (Fsp3) is 0.286. The molecule has 6 atom stereocenters. The second-order valence-electron chi connectivity index (χ2n) is 12.3. The van der Waals surface area contributed by atoms with Gasteiger partial charge in [0.15, 0.2) is 11.5 Å². The van der Waals surface area contributed by atoms with E-state index in [0.29, 0.717) is 11.3 Å². The van der Waals surface area contributed by atoms with Gasteiger partial charge in [-0.2, -0.15) is 0 Å². The van der Waals surface area contributed by atoms with Crippen molar-refractivity contribution in [2.24, 2.45) is 29.1 Å². The van der Waals surface area contributed by atoms with Crippen molar-refractivity contribution in [3.05, 3.63) is 95.6 Å². The van der Waals surface area contributed by atoms with Gasteiger partial charge in [-0.3, -0.25) is 24.1 Å². The lowest BCUT2D eigenvalue weighted by Gasteiger charge is -2.49. The van der Waals surface area contributed by atoms with E-state index in [1.165, 1.54) is 42.3 Å². The summed E-state index contributed by atoms with van der Waals surface area (Å²) in [6, 6.07) is 19.3. The molecule has 2 aliphatic carbocycles. The lowest BCUT2D eigenvalue weighted by Crippen LogP contribution is -2.48.